The molecule has 0 radical (unpaired) electrons. The van der Waals surface area contributed by atoms with E-state index in [1.807, 2.05) is 0 Å². The van der Waals surface area contributed by atoms with E-state index in [2.05, 4.69) is 19.2 Å². The van der Waals surface area contributed by atoms with Crippen LogP contribution in [0.5, 0.6) is 0 Å². The standard InChI is InChI=1S/C18H33NO/c1-3-11-19-18(15-8-6-5-7-13(15)4-2)16-12-14-9-10-17(16)20-14/h13-19H,3-12H2,1-2H3. The Morgan fingerprint density at radius 1 is 1.05 bits per heavy atom. The Labute approximate surface area is 125 Å². The second-order valence-electron chi connectivity index (χ2n) is 7.37. The third-order valence-corrected chi connectivity index (χ3v) is 6.20. The van der Waals surface area contributed by atoms with Crippen molar-refractivity contribution < 1.29 is 4.74 Å². The Bertz CT molecular complexity index is 306. The summed E-state index contributed by atoms with van der Waals surface area (Å²) in [5, 5.41) is 3.95. The lowest BCUT2D eigenvalue weighted by atomic mass is 9.68. The van der Waals surface area contributed by atoms with E-state index in [0.29, 0.717) is 12.2 Å². The molecule has 2 saturated heterocycles. The number of fused-ring (bicyclic) bond motifs is 2. The van der Waals surface area contributed by atoms with Crippen LogP contribution in [0.4, 0.5) is 0 Å². The van der Waals surface area contributed by atoms with Gasteiger partial charge in [0, 0.05) is 12.0 Å². The quantitative estimate of drug-likeness (QED) is 0.789. The average Bonchev–Trinajstić information content (AvgIpc) is 3.11. The van der Waals surface area contributed by atoms with E-state index in [1.54, 1.807) is 0 Å². The van der Waals surface area contributed by atoms with E-state index in [9.17, 15) is 0 Å². The van der Waals surface area contributed by atoms with E-state index in [0.717, 1.165) is 23.8 Å². The van der Waals surface area contributed by atoms with Crippen molar-refractivity contribution in [2.75, 3.05) is 6.54 Å². The first-order valence-corrected chi connectivity index (χ1v) is 9.22. The van der Waals surface area contributed by atoms with Crippen LogP contribution in [-0.4, -0.2) is 24.8 Å². The van der Waals surface area contributed by atoms with Crippen LogP contribution >= 0.6 is 0 Å². The second kappa shape index (κ2) is 6.79. The molecule has 0 aromatic carbocycles. The van der Waals surface area contributed by atoms with Crippen molar-refractivity contribution in [3.05, 3.63) is 0 Å². The molecule has 2 heteroatoms. The Hall–Kier alpha value is -0.0800. The van der Waals surface area contributed by atoms with Gasteiger partial charge in [-0.25, -0.2) is 0 Å². The lowest BCUT2D eigenvalue weighted by molar-refractivity contribution is 0.0650. The fourth-order valence-corrected chi connectivity index (χ4v) is 5.20. The molecule has 1 N–H and O–H groups in total. The molecule has 3 fully saturated rings. The first kappa shape index (κ1) is 14.8. The minimum Gasteiger partial charge on any atom is -0.375 e. The van der Waals surface area contributed by atoms with Gasteiger partial charge in [-0.05, 0) is 50.5 Å². The Morgan fingerprint density at radius 3 is 2.55 bits per heavy atom. The maximum absolute atomic E-state index is 6.17. The average molecular weight is 279 g/mol. The van der Waals surface area contributed by atoms with Crippen molar-refractivity contribution >= 4 is 0 Å². The van der Waals surface area contributed by atoms with Crippen LogP contribution < -0.4 is 5.32 Å². The molecule has 6 unspecified atom stereocenters. The van der Waals surface area contributed by atoms with E-state index >= 15 is 0 Å². The first-order chi connectivity index (χ1) is 9.83. The topological polar surface area (TPSA) is 21.3 Å². The Balaban J connectivity index is 1.71. The number of rotatable bonds is 6. The number of ether oxygens (including phenoxy) is 1. The smallest absolute Gasteiger partial charge is 0.0623 e. The molecule has 2 nitrogen and oxygen atoms in total. The summed E-state index contributed by atoms with van der Waals surface area (Å²) >= 11 is 0. The van der Waals surface area contributed by atoms with Gasteiger partial charge >= 0.3 is 0 Å². The maximum atomic E-state index is 6.17. The Morgan fingerprint density at radius 2 is 1.90 bits per heavy atom. The largest absolute Gasteiger partial charge is 0.375 e. The third kappa shape index (κ3) is 2.92. The van der Waals surface area contributed by atoms with Crippen molar-refractivity contribution in [2.24, 2.45) is 17.8 Å². The zero-order valence-electron chi connectivity index (χ0n) is 13.4. The normalized spacial score (nSPS) is 42.0. The van der Waals surface area contributed by atoms with Crippen LogP contribution in [0.15, 0.2) is 0 Å². The van der Waals surface area contributed by atoms with Crippen molar-refractivity contribution in [3.63, 3.8) is 0 Å². The molecule has 2 heterocycles. The summed E-state index contributed by atoms with van der Waals surface area (Å²) in [6, 6.07) is 0.732. The van der Waals surface area contributed by atoms with E-state index < -0.39 is 0 Å². The van der Waals surface area contributed by atoms with Gasteiger partial charge in [0.2, 0.25) is 0 Å². The van der Waals surface area contributed by atoms with Gasteiger partial charge in [-0.1, -0.05) is 39.5 Å². The van der Waals surface area contributed by atoms with Crippen LogP contribution in [0.2, 0.25) is 0 Å². The first-order valence-electron chi connectivity index (χ1n) is 9.22. The zero-order valence-corrected chi connectivity index (χ0v) is 13.4. The number of nitrogens with one attached hydrogen (secondary N) is 1. The van der Waals surface area contributed by atoms with E-state index in [4.69, 9.17) is 4.74 Å². The summed E-state index contributed by atoms with van der Waals surface area (Å²) in [4.78, 5) is 0. The molecule has 3 rings (SSSR count). The highest BCUT2D eigenvalue weighted by Crippen LogP contribution is 2.45. The molecule has 2 bridgehead atoms. The van der Waals surface area contributed by atoms with Crippen LogP contribution in [0.1, 0.15) is 71.6 Å². The summed E-state index contributed by atoms with van der Waals surface area (Å²) in [7, 11) is 0. The van der Waals surface area contributed by atoms with Gasteiger partial charge < -0.3 is 10.1 Å². The van der Waals surface area contributed by atoms with Crippen molar-refractivity contribution in [1.29, 1.82) is 0 Å². The predicted octanol–water partition coefficient (Wildman–Crippen LogP) is 4.14. The van der Waals surface area contributed by atoms with Crippen LogP contribution in [-0.2, 0) is 4.74 Å². The maximum Gasteiger partial charge on any atom is 0.0623 e. The summed E-state index contributed by atoms with van der Waals surface area (Å²) in [6.07, 6.45) is 13.6. The summed E-state index contributed by atoms with van der Waals surface area (Å²) < 4.78 is 6.17. The van der Waals surface area contributed by atoms with Crippen molar-refractivity contribution in [1.82, 2.24) is 5.32 Å². The minimum absolute atomic E-state index is 0.578. The van der Waals surface area contributed by atoms with Crippen molar-refractivity contribution in [2.45, 2.75) is 89.9 Å². The molecular weight excluding hydrogens is 246 g/mol. The van der Waals surface area contributed by atoms with Gasteiger partial charge in [-0.15, -0.1) is 0 Å². The molecule has 0 aromatic heterocycles. The third-order valence-electron chi connectivity index (χ3n) is 6.20. The van der Waals surface area contributed by atoms with E-state index in [1.165, 1.54) is 64.3 Å². The SMILES string of the molecule is CCCNC(C1CCCCC1CC)C1CC2CCC1O2. The molecule has 0 spiro atoms. The van der Waals surface area contributed by atoms with Crippen LogP contribution in [0, 0.1) is 17.8 Å². The molecule has 6 atom stereocenters. The molecule has 3 aliphatic rings. The molecule has 20 heavy (non-hydrogen) atoms. The summed E-state index contributed by atoms with van der Waals surface area (Å²) in [5.41, 5.74) is 0. The van der Waals surface area contributed by atoms with E-state index in [-0.39, 0.29) is 0 Å². The van der Waals surface area contributed by atoms with Gasteiger partial charge in [0.05, 0.1) is 12.2 Å². The molecule has 2 aliphatic heterocycles. The predicted molar refractivity (Wildman–Crippen MR) is 83.8 cm³/mol. The lowest BCUT2D eigenvalue weighted by Crippen LogP contribution is -2.49. The van der Waals surface area contributed by atoms with Gasteiger partial charge in [0.1, 0.15) is 0 Å². The molecule has 116 valence electrons. The number of hydrogen-bond acceptors (Lipinski definition) is 2. The zero-order chi connectivity index (χ0) is 13.9. The molecule has 0 aromatic rings. The van der Waals surface area contributed by atoms with Gasteiger partial charge in [-0.3, -0.25) is 0 Å². The molecular formula is C18H33NO. The fourth-order valence-electron chi connectivity index (χ4n) is 5.20. The lowest BCUT2D eigenvalue weighted by Gasteiger charge is -2.42. The van der Waals surface area contributed by atoms with Gasteiger partial charge in [0.25, 0.3) is 0 Å². The second-order valence-corrected chi connectivity index (χ2v) is 7.37. The van der Waals surface area contributed by atoms with Crippen LogP contribution in [0.3, 0.4) is 0 Å². The summed E-state index contributed by atoms with van der Waals surface area (Å²) in [6.45, 7) is 5.88. The highest BCUT2D eigenvalue weighted by atomic mass is 16.5. The van der Waals surface area contributed by atoms with Crippen molar-refractivity contribution in [3.8, 4) is 0 Å². The monoisotopic (exact) mass is 279 g/mol. The Kier molecular flexibility index (Phi) is 5.04. The highest BCUT2D eigenvalue weighted by Gasteiger charge is 2.47. The highest BCUT2D eigenvalue weighted by molar-refractivity contribution is 4.99. The molecule has 1 aliphatic carbocycles. The fraction of sp³-hybridized carbons (Fsp3) is 1.00. The summed E-state index contributed by atoms with van der Waals surface area (Å²) in [5.74, 6) is 2.67. The number of hydrogen-bond donors (Lipinski definition) is 1. The molecule has 1 saturated carbocycles. The van der Waals surface area contributed by atoms with Gasteiger partial charge in [-0.2, -0.15) is 0 Å². The van der Waals surface area contributed by atoms with Crippen LogP contribution in [0.25, 0.3) is 0 Å². The van der Waals surface area contributed by atoms with Gasteiger partial charge in [0.15, 0.2) is 0 Å². The minimum atomic E-state index is 0.578. The molecule has 0 amide bonds.